The molecule has 0 radical (unpaired) electrons. The Morgan fingerprint density at radius 2 is 2.10 bits per heavy atom. The molecule has 9 heteroatoms. The highest BCUT2D eigenvalue weighted by atomic mass is 32.2. The molecule has 0 heterocycles. The molecule has 1 N–H and O–H groups in total. The Labute approximate surface area is 121 Å². The van der Waals surface area contributed by atoms with E-state index in [0.717, 1.165) is 6.07 Å². The molecule has 0 bridgehead atoms. The van der Waals surface area contributed by atoms with Gasteiger partial charge in [0.1, 0.15) is 0 Å². The largest absolute Gasteiger partial charge is 0.490 e. The van der Waals surface area contributed by atoms with Crippen LogP contribution in [0.25, 0.3) is 0 Å². The predicted molar refractivity (Wildman–Crippen MR) is 73.9 cm³/mol. The van der Waals surface area contributed by atoms with Crippen LogP contribution < -0.4 is 4.74 Å². The summed E-state index contributed by atoms with van der Waals surface area (Å²) in [5, 5.41) is 19.6. The fourth-order valence-corrected chi connectivity index (χ4v) is 3.44. The van der Waals surface area contributed by atoms with Crippen LogP contribution in [0.3, 0.4) is 0 Å². The molecule has 0 saturated carbocycles. The van der Waals surface area contributed by atoms with Gasteiger partial charge < -0.3 is 9.84 Å². The summed E-state index contributed by atoms with van der Waals surface area (Å²) in [6, 6.07) is 3.82. The summed E-state index contributed by atoms with van der Waals surface area (Å²) in [4.78, 5) is 20.9. The minimum Gasteiger partial charge on any atom is -0.490 e. The number of sulfone groups is 1. The monoisotopic (exact) mass is 317 g/mol. The van der Waals surface area contributed by atoms with Gasteiger partial charge in [-0.3, -0.25) is 14.9 Å². The van der Waals surface area contributed by atoms with Gasteiger partial charge in [-0.15, -0.1) is 0 Å². The summed E-state index contributed by atoms with van der Waals surface area (Å²) in [5.74, 6) is -3.21. The van der Waals surface area contributed by atoms with Crippen molar-refractivity contribution < 1.29 is 28.0 Å². The number of nitro groups is 1. The van der Waals surface area contributed by atoms with Gasteiger partial charge in [0.2, 0.25) is 0 Å². The lowest BCUT2D eigenvalue weighted by Gasteiger charge is -2.08. The third-order valence-corrected chi connectivity index (χ3v) is 4.53. The van der Waals surface area contributed by atoms with E-state index in [9.17, 15) is 23.3 Å². The molecule has 0 spiro atoms. The van der Waals surface area contributed by atoms with Crippen molar-refractivity contribution in [3.8, 4) is 5.75 Å². The molecule has 1 aromatic carbocycles. The number of ether oxygens (including phenoxy) is 1. The van der Waals surface area contributed by atoms with E-state index in [2.05, 4.69) is 0 Å². The first kappa shape index (κ1) is 16.9. The van der Waals surface area contributed by atoms with E-state index in [-0.39, 0.29) is 17.0 Å². The molecule has 0 aromatic heterocycles. The minimum absolute atomic E-state index is 0.0278. The number of benzene rings is 1. The third-order valence-electron chi connectivity index (χ3n) is 2.75. The number of hydrogen-bond donors (Lipinski definition) is 1. The number of hydrogen-bond acceptors (Lipinski definition) is 6. The van der Waals surface area contributed by atoms with E-state index in [1.54, 1.807) is 0 Å². The van der Waals surface area contributed by atoms with Crippen LogP contribution in [0.1, 0.15) is 12.5 Å². The molecule has 1 atom stereocenters. The summed E-state index contributed by atoms with van der Waals surface area (Å²) in [5.41, 5.74) is -0.128. The maximum absolute atomic E-state index is 11.9. The molecule has 0 aliphatic rings. The van der Waals surface area contributed by atoms with Gasteiger partial charge in [-0.2, -0.15) is 0 Å². The fourth-order valence-electron chi connectivity index (χ4n) is 1.73. The highest BCUT2D eigenvalue weighted by Gasteiger charge is 2.23. The Hall–Kier alpha value is -2.16. The number of aliphatic carboxylic acids is 1. The van der Waals surface area contributed by atoms with Gasteiger partial charge in [-0.1, -0.05) is 13.0 Å². The van der Waals surface area contributed by atoms with Gasteiger partial charge in [0.25, 0.3) is 0 Å². The second kappa shape index (κ2) is 6.53. The Bertz CT molecular complexity index is 654. The number of nitro benzene ring substituents is 1. The van der Waals surface area contributed by atoms with Crippen LogP contribution >= 0.6 is 0 Å². The highest BCUT2D eigenvalue weighted by Crippen LogP contribution is 2.28. The Morgan fingerprint density at radius 3 is 2.57 bits per heavy atom. The standard InChI is InChI=1S/C12H15NO7S/c1-8(12(14)15)6-21(18,19)7-9-3-4-11(20-2)10(5-9)13(16)17/h3-5,8H,6-7H2,1-2H3,(H,14,15). The number of methoxy groups -OCH3 is 1. The van der Waals surface area contributed by atoms with Gasteiger partial charge in [0.15, 0.2) is 15.6 Å². The lowest BCUT2D eigenvalue weighted by Crippen LogP contribution is -2.22. The zero-order valence-electron chi connectivity index (χ0n) is 11.5. The smallest absolute Gasteiger partial charge is 0.311 e. The van der Waals surface area contributed by atoms with E-state index in [1.165, 1.54) is 26.2 Å². The summed E-state index contributed by atoms with van der Waals surface area (Å²) in [6.45, 7) is 1.29. The van der Waals surface area contributed by atoms with Gasteiger partial charge in [-0.25, -0.2) is 8.42 Å². The predicted octanol–water partition coefficient (Wildman–Crippen LogP) is 1.24. The molecular formula is C12H15NO7S. The number of carbonyl (C=O) groups is 1. The molecule has 1 unspecified atom stereocenters. The van der Waals surface area contributed by atoms with Gasteiger partial charge in [0, 0.05) is 6.07 Å². The molecular weight excluding hydrogens is 302 g/mol. The number of rotatable bonds is 7. The Morgan fingerprint density at radius 1 is 1.48 bits per heavy atom. The fraction of sp³-hybridized carbons (Fsp3) is 0.417. The van der Waals surface area contributed by atoms with E-state index in [1.807, 2.05) is 0 Å². The first-order chi connectivity index (χ1) is 9.66. The SMILES string of the molecule is COc1ccc(CS(=O)(=O)CC(C)C(=O)O)cc1[N+](=O)[O-]. The Kier molecular flexibility index (Phi) is 5.25. The maximum Gasteiger partial charge on any atom is 0.311 e. The van der Waals surface area contributed by atoms with Crippen LogP contribution in [0, 0.1) is 16.0 Å². The van der Waals surface area contributed by atoms with Gasteiger partial charge in [0.05, 0.1) is 29.5 Å². The van der Waals surface area contributed by atoms with Crippen molar-refractivity contribution in [1.82, 2.24) is 0 Å². The quantitative estimate of drug-likeness (QED) is 0.592. The maximum atomic E-state index is 11.9. The van der Waals surface area contributed by atoms with E-state index in [0.29, 0.717) is 0 Å². The minimum atomic E-state index is -3.69. The van der Waals surface area contributed by atoms with Crippen molar-refractivity contribution in [2.24, 2.45) is 5.92 Å². The van der Waals surface area contributed by atoms with Crippen molar-refractivity contribution >= 4 is 21.5 Å². The van der Waals surface area contributed by atoms with Crippen molar-refractivity contribution in [2.45, 2.75) is 12.7 Å². The van der Waals surface area contributed by atoms with Crippen molar-refractivity contribution in [3.63, 3.8) is 0 Å². The summed E-state index contributed by atoms with van der Waals surface area (Å²) < 4.78 is 28.6. The molecule has 0 fully saturated rings. The van der Waals surface area contributed by atoms with E-state index >= 15 is 0 Å². The summed E-state index contributed by atoms with van der Waals surface area (Å²) in [6.07, 6.45) is 0. The van der Waals surface area contributed by atoms with Gasteiger partial charge in [-0.05, 0) is 11.6 Å². The van der Waals surface area contributed by atoms with Crippen LogP contribution in [0.5, 0.6) is 5.75 Å². The molecule has 116 valence electrons. The molecule has 21 heavy (non-hydrogen) atoms. The Balaban J connectivity index is 3.00. The van der Waals surface area contributed by atoms with Crippen molar-refractivity contribution in [1.29, 1.82) is 0 Å². The summed E-state index contributed by atoms with van der Waals surface area (Å²) >= 11 is 0. The van der Waals surface area contributed by atoms with E-state index < -0.39 is 38.2 Å². The van der Waals surface area contributed by atoms with Crippen LogP contribution in [-0.2, 0) is 20.4 Å². The molecule has 0 aliphatic heterocycles. The lowest BCUT2D eigenvalue weighted by molar-refractivity contribution is -0.385. The highest BCUT2D eigenvalue weighted by molar-refractivity contribution is 7.90. The van der Waals surface area contributed by atoms with Crippen molar-refractivity contribution in [2.75, 3.05) is 12.9 Å². The lowest BCUT2D eigenvalue weighted by atomic mass is 10.2. The molecule has 8 nitrogen and oxygen atoms in total. The molecule has 0 saturated heterocycles. The second-order valence-electron chi connectivity index (χ2n) is 4.56. The van der Waals surface area contributed by atoms with Crippen molar-refractivity contribution in [3.05, 3.63) is 33.9 Å². The van der Waals surface area contributed by atoms with E-state index in [4.69, 9.17) is 9.84 Å². The number of carboxylic acid groups (broad SMARTS) is 1. The van der Waals surface area contributed by atoms with Gasteiger partial charge >= 0.3 is 11.7 Å². The zero-order chi connectivity index (χ0) is 16.2. The van der Waals surface area contributed by atoms with Crippen LogP contribution in [-0.4, -0.2) is 37.3 Å². The average Bonchev–Trinajstić information content (AvgIpc) is 2.37. The molecule has 1 rings (SSSR count). The normalized spacial score (nSPS) is 12.7. The van der Waals surface area contributed by atoms with Crippen LogP contribution in [0.2, 0.25) is 0 Å². The first-order valence-electron chi connectivity index (χ1n) is 5.91. The van der Waals surface area contributed by atoms with Crippen LogP contribution in [0.4, 0.5) is 5.69 Å². The number of carboxylic acids is 1. The average molecular weight is 317 g/mol. The van der Waals surface area contributed by atoms with Crippen LogP contribution in [0.15, 0.2) is 18.2 Å². The number of nitrogens with zero attached hydrogens (tertiary/aromatic N) is 1. The second-order valence-corrected chi connectivity index (χ2v) is 6.67. The third kappa shape index (κ3) is 4.71. The first-order valence-corrected chi connectivity index (χ1v) is 7.73. The molecule has 0 amide bonds. The molecule has 0 aliphatic carbocycles. The zero-order valence-corrected chi connectivity index (χ0v) is 12.3. The topological polar surface area (TPSA) is 124 Å². The summed E-state index contributed by atoms with van der Waals surface area (Å²) in [7, 11) is -2.41. The molecule has 1 aromatic rings.